The number of rotatable bonds is 4. The molecule has 1 atom stereocenters. The maximum atomic E-state index is 13.7. The number of benzene rings is 3. The highest BCUT2D eigenvalue weighted by Gasteiger charge is 2.35. The van der Waals surface area contributed by atoms with E-state index in [1.54, 1.807) is 23.1 Å². The zero-order valence-electron chi connectivity index (χ0n) is 18.8. The van der Waals surface area contributed by atoms with E-state index < -0.39 is 6.04 Å². The van der Waals surface area contributed by atoms with Crippen LogP contribution in [0.4, 0.5) is 11.4 Å². The molecule has 0 spiro atoms. The minimum absolute atomic E-state index is 0.190. The van der Waals surface area contributed by atoms with Gasteiger partial charge in [-0.2, -0.15) is 0 Å². The van der Waals surface area contributed by atoms with Crippen LogP contribution < -0.4 is 15.8 Å². The molecule has 1 aliphatic rings. The highest BCUT2D eigenvalue weighted by Crippen LogP contribution is 2.31. The van der Waals surface area contributed by atoms with E-state index in [4.69, 9.17) is 0 Å². The lowest BCUT2D eigenvalue weighted by molar-refractivity contribution is -0.124. The molecule has 1 aromatic heterocycles. The molecule has 0 fully saturated rings. The molecule has 0 radical (unpaired) electrons. The molecule has 1 aliphatic heterocycles. The monoisotopic (exact) mass is 452 g/mol. The first kappa shape index (κ1) is 21.6. The SMILES string of the molecule is Cc1ccc(NC(=O)C2CCc3ccccc3N2C(=O)Cn2c(=O)cnc3ccccc32)cc1. The Morgan fingerprint density at radius 1 is 1.00 bits per heavy atom. The molecule has 0 aliphatic carbocycles. The van der Waals surface area contributed by atoms with Crippen LogP contribution in [0, 0.1) is 6.92 Å². The van der Waals surface area contributed by atoms with E-state index in [1.165, 1.54) is 10.8 Å². The van der Waals surface area contributed by atoms with Crippen molar-refractivity contribution in [2.45, 2.75) is 32.4 Å². The number of nitrogens with one attached hydrogen (secondary N) is 1. The van der Waals surface area contributed by atoms with E-state index in [9.17, 15) is 14.4 Å². The molecule has 2 heterocycles. The molecule has 1 unspecified atom stereocenters. The second-order valence-electron chi connectivity index (χ2n) is 8.47. The van der Waals surface area contributed by atoms with Crippen molar-refractivity contribution in [3.63, 3.8) is 0 Å². The number of hydrogen-bond acceptors (Lipinski definition) is 4. The fourth-order valence-corrected chi connectivity index (χ4v) is 4.45. The first-order valence-corrected chi connectivity index (χ1v) is 11.2. The van der Waals surface area contributed by atoms with Crippen LogP contribution in [-0.2, 0) is 22.6 Å². The first-order chi connectivity index (χ1) is 16.5. The van der Waals surface area contributed by atoms with Crippen LogP contribution in [0.3, 0.4) is 0 Å². The Morgan fingerprint density at radius 2 is 1.74 bits per heavy atom. The smallest absolute Gasteiger partial charge is 0.269 e. The van der Waals surface area contributed by atoms with Crippen molar-refractivity contribution >= 4 is 34.2 Å². The van der Waals surface area contributed by atoms with Crippen LogP contribution in [0.25, 0.3) is 11.0 Å². The maximum Gasteiger partial charge on any atom is 0.269 e. The second-order valence-corrected chi connectivity index (χ2v) is 8.47. The lowest BCUT2D eigenvalue weighted by Gasteiger charge is -2.36. The zero-order chi connectivity index (χ0) is 23.7. The first-order valence-electron chi connectivity index (χ1n) is 11.2. The molecule has 7 nitrogen and oxygen atoms in total. The largest absolute Gasteiger partial charge is 0.324 e. The highest BCUT2D eigenvalue weighted by atomic mass is 16.2. The Kier molecular flexibility index (Phi) is 5.67. The summed E-state index contributed by atoms with van der Waals surface area (Å²) in [6.07, 6.45) is 2.40. The van der Waals surface area contributed by atoms with Gasteiger partial charge >= 0.3 is 0 Å². The van der Waals surface area contributed by atoms with Crippen molar-refractivity contribution in [3.8, 4) is 0 Å². The molecule has 1 N–H and O–H groups in total. The Bertz CT molecular complexity index is 1440. The molecule has 34 heavy (non-hydrogen) atoms. The molecule has 3 aromatic carbocycles. The summed E-state index contributed by atoms with van der Waals surface area (Å²) in [5, 5.41) is 2.95. The van der Waals surface area contributed by atoms with Crippen LogP contribution in [0.1, 0.15) is 17.5 Å². The highest BCUT2D eigenvalue weighted by molar-refractivity contribution is 6.06. The van der Waals surface area contributed by atoms with Crippen LogP contribution in [0.15, 0.2) is 83.8 Å². The fourth-order valence-electron chi connectivity index (χ4n) is 4.45. The second kappa shape index (κ2) is 8.94. The predicted octanol–water partition coefficient (Wildman–Crippen LogP) is 3.69. The number of fused-ring (bicyclic) bond motifs is 2. The molecule has 0 bridgehead atoms. The topological polar surface area (TPSA) is 84.3 Å². The van der Waals surface area contributed by atoms with E-state index in [0.29, 0.717) is 35.2 Å². The molecule has 0 saturated heterocycles. The number of carbonyl (C=O) groups excluding carboxylic acids is 2. The lowest BCUT2D eigenvalue weighted by atomic mass is 9.95. The minimum Gasteiger partial charge on any atom is -0.324 e. The number of para-hydroxylation sites is 3. The summed E-state index contributed by atoms with van der Waals surface area (Å²) < 4.78 is 1.41. The summed E-state index contributed by atoms with van der Waals surface area (Å²) in [6.45, 7) is 1.79. The normalized spacial score (nSPS) is 15.1. The number of nitrogens with zero attached hydrogens (tertiary/aromatic N) is 3. The number of carbonyl (C=O) groups is 2. The van der Waals surface area contributed by atoms with Gasteiger partial charge in [-0.3, -0.25) is 23.9 Å². The van der Waals surface area contributed by atoms with Gasteiger partial charge in [-0.25, -0.2) is 4.98 Å². The number of anilines is 2. The van der Waals surface area contributed by atoms with Gasteiger partial charge in [0.25, 0.3) is 5.56 Å². The molecular formula is C27H24N4O3. The average molecular weight is 453 g/mol. The van der Waals surface area contributed by atoms with Crippen molar-refractivity contribution in [1.29, 1.82) is 0 Å². The van der Waals surface area contributed by atoms with E-state index >= 15 is 0 Å². The Hall–Kier alpha value is -4.26. The lowest BCUT2D eigenvalue weighted by Crippen LogP contribution is -2.51. The summed E-state index contributed by atoms with van der Waals surface area (Å²) >= 11 is 0. The van der Waals surface area contributed by atoms with Crippen molar-refractivity contribution in [2.75, 3.05) is 10.2 Å². The molecule has 5 rings (SSSR count). The Morgan fingerprint density at radius 3 is 2.56 bits per heavy atom. The molecule has 170 valence electrons. The van der Waals surface area contributed by atoms with Gasteiger partial charge in [-0.05, 0) is 55.7 Å². The number of amides is 2. The third-order valence-electron chi connectivity index (χ3n) is 6.19. The van der Waals surface area contributed by atoms with Gasteiger partial charge in [0.2, 0.25) is 11.8 Å². The molecule has 2 amide bonds. The summed E-state index contributed by atoms with van der Waals surface area (Å²) in [6, 6.07) is 21.7. The van der Waals surface area contributed by atoms with Crippen molar-refractivity contribution in [2.24, 2.45) is 0 Å². The number of aryl methyl sites for hydroxylation is 2. The zero-order valence-corrected chi connectivity index (χ0v) is 18.8. The molecule has 0 saturated carbocycles. The summed E-state index contributed by atoms with van der Waals surface area (Å²) in [5.74, 6) is -0.576. The fraction of sp³-hybridized carbons (Fsp3) is 0.185. The predicted molar refractivity (Wildman–Crippen MR) is 132 cm³/mol. The molecular weight excluding hydrogens is 428 g/mol. The Balaban J connectivity index is 1.50. The summed E-state index contributed by atoms with van der Waals surface area (Å²) in [5.41, 5.74) is 4.32. The maximum absolute atomic E-state index is 13.7. The molecule has 7 heteroatoms. The Labute approximate surface area is 196 Å². The summed E-state index contributed by atoms with van der Waals surface area (Å²) in [4.78, 5) is 45.4. The average Bonchev–Trinajstić information content (AvgIpc) is 2.86. The minimum atomic E-state index is -0.687. The van der Waals surface area contributed by atoms with Crippen molar-refractivity contribution in [3.05, 3.63) is 100 Å². The van der Waals surface area contributed by atoms with Gasteiger partial charge < -0.3 is 5.32 Å². The van der Waals surface area contributed by atoms with Crippen LogP contribution in [0.5, 0.6) is 0 Å². The quantitative estimate of drug-likeness (QED) is 0.512. The number of aromatic nitrogens is 2. The summed E-state index contributed by atoms with van der Waals surface area (Å²) in [7, 11) is 0. The van der Waals surface area contributed by atoms with Gasteiger partial charge in [0.15, 0.2) is 0 Å². The standard InChI is InChI=1S/C27H24N4O3/c1-18-10-13-20(14-11-18)29-27(34)24-15-12-19-6-2-4-8-22(19)31(24)26(33)17-30-23-9-5-3-7-21(23)28-16-25(30)32/h2-11,13-14,16,24H,12,15,17H2,1H3,(H,29,34). The number of hydrogen-bond donors (Lipinski definition) is 1. The van der Waals surface area contributed by atoms with Crippen molar-refractivity contribution < 1.29 is 9.59 Å². The van der Waals surface area contributed by atoms with Gasteiger partial charge in [-0.1, -0.05) is 48.0 Å². The van der Waals surface area contributed by atoms with Crippen LogP contribution >= 0.6 is 0 Å². The van der Waals surface area contributed by atoms with Crippen LogP contribution in [0.2, 0.25) is 0 Å². The van der Waals surface area contributed by atoms with Gasteiger partial charge in [0, 0.05) is 11.4 Å². The van der Waals surface area contributed by atoms with Gasteiger partial charge in [0.05, 0.1) is 17.2 Å². The van der Waals surface area contributed by atoms with E-state index in [1.807, 2.05) is 61.5 Å². The van der Waals surface area contributed by atoms with E-state index in [2.05, 4.69) is 10.3 Å². The van der Waals surface area contributed by atoms with Crippen molar-refractivity contribution in [1.82, 2.24) is 9.55 Å². The third kappa shape index (κ3) is 4.08. The van der Waals surface area contributed by atoms with Crippen LogP contribution in [-0.4, -0.2) is 27.4 Å². The van der Waals surface area contributed by atoms with Gasteiger partial charge in [0.1, 0.15) is 12.6 Å². The van der Waals surface area contributed by atoms with E-state index in [-0.39, 0.29) is 23.9 Å². The molecule has 4 aromatic rings. The van der Waals surface area contributed by atoms with Gasteiger partial charge in [-0.15, -0.1) is 0 Å². The van der Waals surface area contributed by atoms with E-state index in [0.717, 1.165) is 11.1 Å². The third-order valence-corrected chi connectivity index (χ3v) is 6.19.